The van der Waals surface area contributed by atoms with Crippen LogP contribution < -0.4 is 10.6 Å². The summed E-state index contributed by atoms with van der Waals surface area (Å²) < 4.78 is 0. The molecule has 0 unspecified atom stereocenters. The highest BCUT2D eigenvalue weighted by Crippen LogP contribution is 2.43. The SMILES string of the molecule is C#CCNC(=O)NC(=O)CC1(CC(=O)O)CCCC1. The van der Waals surface area contributed by atoms with Crippen LogP contribution >= 0.6 is 0 Å². The molecule has 1 saturated carbocycles. The van der Waals surface area contributed by atoms with Crippen LogP contribution in [0.5, 0.6) is 0 Å². The minimum absolute atomic E-state index is 0.0353. The summed E-state index contributed by atoms with van der Waals surface area (Å²) in [6, 6.07) is -0.647. The van der Waals surface area contributed by atoms with E-state index in [1.54, 1.807) is 0 Å². The zero-order valence-electron chi connectivity index (χ0n) is 10.7. The fourth-order valence-corrected chi connectivity index (χ4v) is 2.55. The summed E-state index contributed by atoms with van der Waals surface area (Å²) in [7, 11) is 0. The van der Waals surface area contributed by atoms with Gasteiger partial charge in [-0.15, -0.1) is 6.42 Å². The minimum Gasteiger partial charge on any atom is -0.481 e. The number of aliphatic carboxylic acids is 1. The molecular formula is C13H18N2O4. The van der Waals surface area contributed by atoms with Gasteiger partial charge in [-0.1, -0.05) is 18.8 Å². The topological polar surface area (TPSA) is 95.5 Å². The maximum Gasteiger partial charge on any atom is 0.322 e. The van der Waals surface area contributed by atoms with Crippen molar-refractivity contribution in [1.82, 2.24) is 10.6 Å². The molecule has 1 rings (SSSR count). The second-order valence-corrected chi connectivity index (χ2v) is 4.89. The Balaban J connectivity index is 2.51. The molecule has 3 amide bonds. The lowest BCUT2D eigenvalue weighted by Crippen LogP contribution is -2.41. The van der Waals surface area contributed by atoms with E-state index < -0.39 is 23.3 Å². The van der Waals surface area contributed by atoms with Crippen molar-refractivity contribution >= 4 is 17.9 Å². The fourth-order valence-electron chi connectivity index (χ4n) is 2.55. The van der Waals surface area contributed by atoms with E-state index in [-0.39, 0.29) is 19.4 Å². The van der Waals surface area contributed by atoms with Crippen LogP contribution in [0.2, 0.25) is 0 Å². The number of hydrogen-bond acceptors (Lipinski definition) is 3. The molecule has 1 aliphatic carbocycles. The van der Waals surface area contributed by atoms with Gasteiger partial charge in [-0.2, -0.15) is 0 Å². The van der Waals surface area contributed by atoms with Crippen LogP contribution in [0, 0.1) is 17.8 Å². The van der Waals surface area contributed by atoms with Crippen molar-refractivity contribution in [3.8, 4) is 12.3 Å². The first-order chi connectivity index (χ1) is 8.97. The molecule has 0 radical (unpaired) electrons. The lowest BCUT2D eigenvalue weighted by Gasteiger charge is -2.26. The third kappa shape index (κ3) is 5.00. The smallest absolute Gasteiger partial charge is 0.322 e. The van der Waals surface area contributed by atoms with Crippen molar-refractivity contribution in [3.05, 3.63) is 0 Å². The molecule has 3 N–H and O–H groups in total. The van der Waals surface area contributed by atoms with Crippen molar-refractivity contribution in [2.24, 2.45) is 5.41 Å². The summed E-state index contributed by atoms with van der Waals surface area (Å²) in [5.74, 6) is 0.846. The number of hydrogen-bond donors (Lipinski definition) is 3. The predicted octanol–water partition coefficient (Wildman–Crippen LogP) is 0.871. The normalized spacial score (nSPS) is 16.4. The molecule has 0 aromatic heterocycles. The Kier molecular flexibility index (Phi) is 5.37. The summed E-state index contributed by atoms with van der Waals surface area (Å²) in [5.41, 5.74) is -0.512. The Labute approximate surface area is 111 Å². The largest absolute Gasteiger partial charge is 0.481 e. The van der Waals surface area contributed by atoms with E-state index >= 15 is 0 Å². The second-order valence-electron chi connectivity index (χ2n) is 4.89. The lowest BCUT2D eigenvalue weighted by molar-refractivity contribution is -0.140. The van der Waals surface area contributed by atoms with E-state index in [1.165, 1.54) is 0 Å². The third-order valence-electron chi connectivity index (χ3n) is 3.33. The summed E-state index contributed by atoms with van der Waals surface area (Å²) in [5, 5.41) is 13.4. The standard InChI is InChI=1S/C13H18N2O4/c1-2-7-14-12(19)15-10(16)8-13(9-11(17)18)5-3-4-6-13/h1H,3-9H2,(H,17,18)(H2,14,15,16,19). The van der Waals surface area contributed by atoms with Crippen LogP contribution in [0.25, 0.3) is 0 Å². The van der Waals surface area contributed by atoms with Gasteiger partial charge < -0.3 is 10.4 Å². The molecule has 6 nitrogen and oxygen atoms in total. The maximum atomic E-state index is 11.7. The molecule has 1 aliphatic rings. The summed E-state index contributed by atoms with van der Waals surface area (Å²) in [6.45, 7) is 0.0411. The van der Waals surface area contributed by atoms with E-state index in [4.69, 9.17) is 11.5 Å². The van der Waals surface area contributed by atoms with Gasteiger partial charge in [0.05, 0.1) is 13.0 Å². The molecule has 19 heavy (non-hydrogen) atoms. The van der Waals surface area contributed by atoms with E-state index in [2.05, 4.69) is 16.6 Å². The van der Waals surface area contributed by atoms with E-state index in [0.717, 1.165) is 12.8 Å². The van der Waals surface area contributed by atoms with Gasteiger partial charge >= 0.3 is 12.0 Å². The molecule has 104 valence electrons. The average Bonchev–Trinajstić information content (AvgIpc) is 2.73. The number of rotatable bonds is 5. The number of amides is 3. The van der Waals surface area contributed by atoms with Crippen molar-refractivity contribution in [3.63, 3.8) is 0 Å². The van der Waals surface area contributed by atoms with E-state index in [1.807, 2.05) is 0 Å². The van der Waals surface area contributed by atoms with Crippen molar-refractivity contribution < 1.29 is 19.5 Å². The average molecular weight is 266 g/mol. The first-order valence-electron chi connectivity index (χ1n) is 6.20. The van der Waals surface area contributed by atoms with Gasteiger partial charge in [-0.25, -0.2) is 4.79 Å². The number of carbonyl (C=O) groups excluding carboxylic acids is 2. The van der Waals surface area contributed by atoms with Crippen molar-refractivity contribution in [2.75, 3.05) is 6.54 Å². The van der Waals surface area contributed by atoms with Crippen molar-refractivity contribution in [1.29, 1.82) is 0 Å². The summed E-state index contributed by atoms with van der Waals surface area (Å²) in [6.07, 6.45) is 8.25. The molecule has 6 heteroatoms. The first kappa shape index (κ1) is 15.0. The van der Waals surface area contributed by atoms with Crippen LogP contribution in [0.4, 0.5) is 4.79 Å². The zero-order valence-corrected chi connectivity index (χ0v) is 10.7. The Morgan fingerprint density at radius 1 is 1.21 bits per heavy atom. The highest BCUT2D eigenvalue weighted by Gasteiger charge is 2.38. The van der Waals surface area contributed by atoms with Gasteiger partial charge in [-0.05, 0) is 18.3 Å². The molecule has 0 heterocycles. The van der Waals surface area contributed by atoms with Crippen LogP contribution in [-0.4, -0.2) is 29.6 Å². The third-order valence-corrected chi connectivity index (χ3v) is 3.33. The van der Waals surface area contributed by atoms with Crippen LogP contribution in [0.15, 0.2) is 0 Å². The molecule has 0 aliphatic heterocycles. The van der Waals surface area contributed by atoms with Gasteiger partial charge in [-0.3, -0.25) is 14.9 Å². The van der Waals surface area contributed by atoms with E-state index in [0.29, 0.717) is 12.8 Å². The number of carboxylic acid groups (broad SMARTS) is 1. The molecule has 0 bridgehead atoms. The zero-order chi connectivity index (χ0) is 14.3. The molecule has 0 aromatic carbocycles. The number of terminal acetylenes is 1. The van der Waals surface area contributed by atoms with Crippen LogP contribution in [-0.2, 0) is 9.59 Å². The Morgan fingerprint density at radius 2 is 1.84 bits per heavy atom. The minimum atomic E-state index is -0.911. The number of carbonyl (C=O) groups is 3. The first-order valence-corrected chi connectivity index (χ1v) is 6.20. The van der Waals surface area contributed by atoms with Crippen LogP contribution in [0.1, 0.15) is 38.5 Å². The predicted molar refractivity (Wildman–Crippen MR) is 68.1 cm³/mol. The molecule has 1 fully saturated rings. The van der Waals surface area contributed by atoms with Gasteiger partial charge in [0, 0.05) is 6.42 Å². The van der Waals surface area contributed by atoms with Gasteiger partial charge in [0.25, 0.3) is 0 Å². The van der Waals surface area contributed by atoms with Crippen molar-refractivity contribution in [2.45, 2.75) is 38.5 Å². The van der Waals surface area contributed by atoms with Gasteiger partial charge in [0.15, 0.2) is 0 Å². The van der Waals surface area contributed by atoms with Crippen LogP contribution in [0.3, 0.4) is 0 Å². The fraction of sp³-hybridized carbons (Fsp3) is 0.615. The van der Waals surface area contributed by atoms with Gasteiger partial charge in [0.2, 0.25) is 5.91 Å². The number of carboxylic acids is 1. The molecule has 0 spiro atoms. The molecular weight excluding hydrogens is 248 g/mol. The highest BCUT2D eigenvalue weighted by molar-refractivity contribution is 5.94. The Bertz CT molecular complexity index is 405. The van der Waals surface area contributed by atoms with Gasteiger partial charge in [0.1, 0.15) is 0 Å². The Morgan fingerprint density at radius 3 is 2.37 bits per heavy atom. The quantitative estimate of drug-likeness (QED) is 0.643. The van der Waals surface area contributed by atoms with E-state index in [9.17, 15) is 14.4 Å². The number of urea groups is 1. The maximum absolute atomic E-state index is 11.7. The number of imide groups is 1. The second kappa shape index (κ2) is 6.78. The monoisotopic (exact) mass is 266 g/mol. The summed E-state index contributed by atoms with van der Waals surface area (Å²) in [4.78, 5) is 33.9. The molecule has 0 atom stereocenters. The molecule has 0 aromatic rings. The Hall–Kier alpha value is -2.03. The number of nitrogens with one attached hydrogen (secondary N) is 2. The molecule has 0 saturated heterocycles. The highest BCUT2D eigenvalue weighted by atomic mass is 16.4. The summed E-state index contributed by atoms with van der Waals surface area (Å²) >= 11 is 0. The lowest BCUT2D eigenvalue weighted by atomic mass is 9.79.